The summed E-state index contributed by atoms with van der Waals surface area (Å²) in [4.78, 5) is 0. The lowest BCUT2D eigenvalue weighted by molar-refractivity contribution is 1.50. The third kappa shape index (κ3) is 8630. The first kappa shape index (κ1) is 45.3. The number of hydrogen-bond acceptors (Lipinski definition) is 0. The van der Waals surface area contributed by atoms with Crippen molar-refractivity contribution in [1.29, 1.82) is 0 Å². The van der Waals surface area contributed by atoms with Crippen molar-refractivity contribution in [3.63, 3.8) is 0 Å². The molecule has 0 heteroatoms. The predicted octanol–water partition coefficient (Wildman–Crippen LogP) is 5.54. The van der Waals surface area contributed by atoms with E-state index in [1.54, 1.807) is 0 Å². The Bertz CT molecular complexity index is 0. The van der Waals surface area contributed by atoms with Crippen LogP contribution in [0, 0.1) is 0 Å². The summed E-state index contributed by atoms with van der Waals surface area (Å²) in [5, 5.41) is 0. The largest absolute Gasteiger partial charge is 0.106 e. The average Bonchev–Trinajstić information content (AvgIpc) is 2.20. The highest BCUT2D eigenvalue weighted by molar-refractivity contribution is 4.22. The highest BCUT2D eigenvalue weighted by Gasteiger charge is 0.938. The van der Waals surface area contributed by atoms with Crippen LogP contribution in [0.15, 0.2) is 13.2 Å². The van der Waals surface area contributed by atoms with E-state index in [2.05, 4.69) is 13.2 Å². The van der Waals surface area contributed by atoms with Gasteiger partial charge >= 0.3 is 0 Å². The second-order valence-corrected chi connectivity index (χ2v) is 0. The van der Waals surface area contributed by atoms with Crippen molar-refractivity contribution in [2.45, 2.75) is 62.8 Å². The van der Waals surface area contributed by atoms with Gasteiger partial charge in [0, 0.05) is 0 Å². The molecule has 0 N–H and O–H groups in total. The van der Waals surface area contributed by atoms with Crippen molar-refractivity contribution < 1.29 is 0 Å². The van der Waals surface area contributed by atoms with Crippen LogP contribution in [0.5, 0.6) is 0 Å². The second-order valence-electron chi connectivity index (χ2n) is 0. The molecule has 0 saturated heterocycles. The van der Waals surface area contributed by atoms with E-state index >= 15 is 0 Å². The molecule has 76 valence electrons. The molecule has 0 atom stereocenters. The minimum Gasteiger partial charge on any atom is -0.106 e. The van der Waals surface area contributed by atoms with Gasteiger partial charge in [-0.3, -0.25) is 0 Å². The molecule has 0 spiro atoms. The number of hydrogen-bond donors (Lipinski definition) is 0. The van der Waals surface area contributed by atoms with Gasteiger partial charge in [-0.25, -0.2) is 0 Å². The Balaban J connectivity index is -0.00000000694. The van der Waals surface area contributed by atoms with Gasteiger partial charge in [-0.2, -0.15) is 0 Å². The van der Waals surface area contributed by atoms with E-state index in [1.165, 1.54) is 0 Å². The zero-order valence-corrected chi connectivity index (χ0v) is 9.41. The summed E-state index contributed by atoms with van der Waals surface area (Å²) in [6, 6.07) is 0. The fraction of sp³-hybridized carbons (Fsp3) is 0.818. The summed E-state index contributed by atoms with van der Waals surface area (Å²) >= 11 is 0. The molecule has 0 rings (SSSR count). The molecule has 0 aromatic carbocycles. The lowest BCUT2D eigenvalue weighted by atomic mass is 11.0. The molecule has 0 aromatic heterocycles. The minimum atomic E-state index is 0. The standard InChI is InChI=1S/4C2H6.C2H4.CH4/c5*1-2;/h4*1-2H3;1-2H2;1H4. The zero-order valence-electron chi connectivity index (χ0n) is 9.41. The number of rotatable bonds is 0. The van der Waals surface area contributed by atoms with Crippen LogP contribution in [-0.4, -0.2) is 0 Å². The van der Waals surface area contributed by atoms with Crippen molar-refractivity contribution >= 4 is 0 Å². The topological polar surface area (TPSA) is 0 Å². The molecule has 0 amide bonds. The van der Waals surface area contributed by atoms with Crippen LogP contribution >= 0.6 is 0 Å². The van der Waals surface area contributed by atoms with Gasteiger partial charge in [-0.1, -0.05) is 62.8 Å². The molecule has 0 heterocycles. The van der Waals surface area contributed by atoms with Gasteiger partial charge in [0.2, 0.25) is 0 Å². The maximum absolute atomic E-state index is 3.00. The van der Waals surface area contributed by atoms with Crippen LogP contribution in [0.25, 0.3) is 0 Å². The van der Waals surface area contributed by atoms with Gasteiger partial charge in [0.05, 0.1) is 0 Å². The van der Waals surface area contributed by atoms with Crippen molar-refractivity contribution in [1.82, 2.24) is 0 Å². The molecule has 0 aliphatic rings. The molecule has 0 unspecified atom stereocenters. The van der Waals surface area contributed by atoms with Crippen LogP contribution in [0.2, 0.25) is 0 Å². The first-order valence-corrected chi connectivity index (χ1v) is 4.50. The summed E-state index contributed by atoms with van der Waals surface area (Å²) in [6.07, 6.45) is 0. The Labute approximate surface area is 76.7 Å². The van der Waals surface area contributed by atoms with E-state index in [1.807, 2.05) is 55.4 Å². The van der Waals surface area contributed by atoms with Gasteiger partial charge in [0.15, 0.2) is 0 Å². The van der Waals surface area contributed by atoms with Crippen LogP contribution in [0.4, 0.5) is 0 Å². The normalized spacial score (nSPS) is 2.55. The predicted molar refractivity (Wildman–Crippen MR) is 63.4 cm³/mol. The van der Waals surface area contributed by atoms with E-state index in [0.717, 1.165) is 0 Å². The fourth-order valence-electron chi connectivity index (χ4n) is 0. The van der Waals surface area contributed by atoms with Gasteiger partial charge < -0.3 is 0 Å². The summed E-state index contributed by atoms with van der Waals surface area (Å²) in [5.41, 5.74) is 0. The first-order valence-electron chi connectivity index (χ1n) is 4.50. The second kappa shape index (κ2) is 11000. The van der Waals surface area contributed by atoms with E-state index in [9.17, 15) is 0 Å². The van der Waals surface area contributed by atoms with Crippen LogP contribution < -0.4 is 0 Å². The Morgan fingerprint density at radius 1 is 0.455 bits per heavy atom. The average molecular weight is 164 g/mol. The van der Waals surface area contributed by atoms with Gasteiger partial charge in [0.1, 0.15) is 0 Å². The molecule has 0 aliphatic heterocycles. The highest BCUT2D eigenvalue weighted by atomic mass is 13.0. The molecule has 0 aromatic rings. The molecule has 11 heavy (non-hydrogen) atoms. The zero-order chi connectivity index (χ0) is 10.0. The summed E-state index contributed by atoms with van der Waals surface area (Å²) < 4.78 is 0. The van der Waals surface area contributed by atoms with Crippen molar-refractivity contribution in [2.75, 3.05) is 0 Å². The Morgan fingerprint density at radius 2 is 0.455 bits per heavy atom. The summed E-state index contributed by atoms with van der Waals surface area (Å²) in [5.74, 6) is 0. The van der Waals surface area contributed by atoms with Gasteiger partial charge in [-0.05, 0) is 0 Å². The summed E-state index contributed by atoms with van der Waals surface area (Å²) in [7, 11) is 0. The molecular formula is C11H32. The third-order valence-electron chi connectivity index (χ3n) is 0. The van der Waals surface area contributed by atoms with E-state index in [-0.39, 0.29) is 7.43 Å². The van der Waals surface area contributed by atoms with Crippen molar-refractivity contribution in [3.8, 4) is 0 Å². The quantitative estimate of drug-likeness (QED) is 0.412. The fourth-order valence-corrected chi connectivity index (χ4v) is 0. The first-order chi connectivity index (χ1) is 5.00. The highest BCUT2D eigenvalue weighted by Crippen LogP contribution is 1.15. The minimum absolute atomic E-state index is 0. The Morgan fingerprint density at radius 3 is 0.455 bits per heavy atom. The van der Waals surface area contributed by atoms with Gasteiger partial charge in [-0.15, -0.1) is 13.2 Å². The van der Waals surface area contributed by atoms with Crippen LogP contribution in [0.3, 0.4) is 0 Å². The maximum Gasteiger partial charge on any atom is -0.0683 e. The lowest BCUT2D eigenvalue weighted by Crippen LogP contribution is -0.856. The third-order valence-corrected chi connectivity index (χ3v) is 0. The maximum atomic E-state index is 3.00. The smallest absolute Gasteiger partial charge is 0.0683 e. The molecule has 0 nitrogen and oxygen atoms in total. The van der Waals surface area contributed by atoms with Crippen molar-refractivity contribution in [2.24, 2.45) is 0 Å². The monoisotopic (exact) mass is 164 g/mol. The molecular weight excluding hydrogens is 132 g/mol. The molecule has 0 fully saturated rings. The van der Waals surface area contributed by atoms with Crippen LogP contribution in [0.1, 0.15) is 62.8 Å². The molecule has 0 saturated carbocycles. The SMILES string of the molecule is C.C=C.CC.CC.CC.CC. The van der Waals surface area contributed by atoms with Gasteiger partial charge in [0.25, 0.3) is 0 Å². The van der Waals surface area contributed by atoms with E-state index in [0.29, 0.717) is 0 Å². The lowest BCUT2D eigenvalue weighted by Gasteiger charge is -1.07. The van der Waals surface area contributed by atoms with E-state index in [4.69, 9.17) is 0 Å². The molecule has 0 bridgehead atoms. The Hall–Kier alpha value is -0.260. The summed E-state index contributed by atoms with van der Waals surface area (Å²) in [6.45, 7) is 22.0. The molecule has 0 radical (unpaired) electrons. The van der Waals surface area contributed by atoms with E-state index < -0.39 is 0 Å². The molecule has 0 aliphatic carbocycles. The van der Waals surface area contributed by atoms with Crippen LogP contribution in [-0.2, 0) is 0 Å². The van der Waals surface area contributed by atoms with Crippen molar-refractivity contribution in [3.05, 3.63) is 13.2 Å². The Kier molecular flexibility index (Phi) is 45400.